The van der Waals surface area contributed by atoms with E-state index in [2.05, 4.69) is 30.8 Å². The molecule has 0 saturated carbocycles. The van der Waals surface area contributed by atoms with Crippen LogP contribution in [0.4, 0.5) is 8.78 Å². The molecule has 0 amide bonds. The fourth-order valence-electron chi connectivity index (χ4n) is 1.69. The summed E-state index contributed by atoms with van der Waals surface area (Å²) in [5.41, 5.74) is 0. The van der Waals surface area contributed by atoms with Crippen molar-refractivity contribution in [3.05, 3.63) is 40.4 Å². The predicted molar refractivity (Wildman–Crippen MR) is 74.0 cm³/mol. The summed E-state index contributed by atoms with van der Waals surface area (Å²) in [5, 5.41) is 7.46. The van der Waals surface area contributed by atoms with Crippen LogP contribution in [0.2, 0.25) is 0 Å². The zero-order chi connectivity index (χ0) is 15.6. The lowest BCUT2D eigenvalue weighted by atomic mass is 10.3. The van der Waals surface area contributed by atoms with Gasteiger partial charge in [-0.1, -0.05) is 0 Å². The quantitative estimate of drug-likeness (QED) is 0.849. The molecule has 114 valence electrons. The Balaban J connectivity index is 2.14. The van der Waals surface area contributed by atoms with E-state index < -0.39 is 26.6 Å². The molecule has 0 aliphatic heterocycles. The van der Waals surface area contributed by atoms with Crippen LogP contribution in [-0.4, -0.2) is 29.7 Å². The summed E-state index contributed by atoms with van der Waals surface area (Å²) in [4.78, 5) is -0.623. The van der Waals surface area contributed by atoms with Gasteiger partial charge in [0.15, 0.2) is 0 Å². The second kappa shape index (κ2) is 6.16. The van der Waals surface area contributed by atoms with Crippen LogP contribution in [0.5, 0.6) is 0 Å². The fourth-order valence-corrected chi connectivity index (χ4v) is 3.88. The van der Waals surface area contributed by atoms with Gasteiger partial charge in [0.2, 0.25) is 10.0 Å². The lowest BCUT2D eigenvalue weighted by molar-refractivity contribution is 0.540. The molecule has 2 aromatic rings. The Morgan fingerprint density at radius 2 is 2.10 bits per heavy atom. The normalized spacial score (nSPS) is 11.8. The second-order valence-corrected chi connectivity index (χ2v) is 6.76. The minimum absolute atomic E-state index is 0.0120. The number of aromatic nitrogens is 3. The number of hydrogen-bond acceptors (Lipinski definition) is 4. The van der Waals surface area contributed by atoms with Gasteiger partial charge in [0.1, 0.15) is 28.7 Å². The van der Waals surface area contributed by atoms with Gasteiger partial charge < -0.3 is 4.57 Å². The van der Waals surface area contributed by atoms with Crippen molar-refractivity contribution in [1.29, 1.82) is 0 Å². The first-order valence-electron chi connectivity index (χ1n) is 5.78. The number of halogens is 3. The zero-order valence-electron chi connectivity index (χ0n) is 10.8. The van der Waals surface area contributed by atoms with Crippen LogP contribution in [0, 0.1) is 11.6 Å². The topological polar surface area (TPSA) is 76.9 Å². The van der Waals surface area contributed by atoms with Gasteiger partial charge in [-0.2, -0.15) is 0 Å². The van der Waals surface area contributed by atoms with Crippen molar-refractivity contribution in [2.24, 2.45) is 7.05 Å². The maximum atomic E-state index is 13.7. The highest BCUT2D eigenvalue weighted by Crippen LogP contribution is 2.25. The van der Waals surface area contributed by atoms with Gasteiger partial charge in [-0.05, 0) is 22.0 Å². The Morgan fingerprint density at radius 3 is 2.67 bits per heavy atom. The smallest absolute Gasteiger partial charge is 0.244 e. The SMILES string of the molecule is Cn1cnnc1CCNS(=O)(=O)c1c(F)cc(F)cc1Br. The summed E-state index contributed by atoms with van der Waals surface area (Å²) in [7, 11) is -2.38. The van der Waals surface area contributed by atoms with Crippen molar-refractivity contribution in [1.82, 2.24) is 19.5 Å². The van der Waals surface area contributed by atoms with E-state index >= 15 is 0 Å². The number of sulfonamides is 1. The maximum Gasteiger partial charge on any atom is 0.244 e. The predicted octanol–water partition coefficient (Wildman–Crippen LogP) is 1.38. The Hall–Kier alpha value is -1.39. The van der Waals surface area contributed by atoms with E-state index in [1.807, 2.05) is 0 Å². The molecule has 0 radical (unpaired) electrons. The second-order valence-electron chi connectivity index (χ2n) is 4.20. The first kappa shape index (κ1) is 16.0. The minimum Gasteiger partial charge on any atom is -0.321 e. The summed E-state index contributed by atoms with van der Waals surface area (Å²) >= 11 is 2.85. The monoisotopic (exact) mass is 380 g/mol. The van der Waals surface area contributed by atoms with Crippen LogP contribution >= 0.6 is 15.9 Å². The summed E-state index contributed by atoms with van der Waals surface area (Å²) < 4.78 is 54.4. The summed E-state index contributed by atoms with van der Waals surface area (Å²) in [6.07, 6.45) is 1.77. The van der Waals surface area contributed by atoms with Gasteiger partial charge in [-0.3, -0.25) is 0 Å². The van der Waals surface area contributed by atoms with Crippen LogP contribution in [0.15, 0.2) is 27.8 Å². The molecule has 0 fully saturated rings. The first-order valence-corrected chi connectivity index (χ1v) is 8.06. The number of aryl methyl sites for hydroxylation is 1. The van der Waals surface area contributed by atoms with E-state index in [1.165, 1.54) is 6.33 Å². The lowest BCUT2D eigenvalue weighted by Gasteiger charge is -2.09. The minimum atomic E-state index is -4.10. The Labute approximate surface area is 128 Å². The average Bonchev–Trinajstić information content (AvgIpc) is 2.73. The van der Waals surface area contributed by atoms with Gasteiger partial charge in [-0.25, -0.2) is 21.9 Å². The van der Waals surface area contributed by atoms with Crippen LogP contribution in [0.3, 0.4) is 0 Å². The molecule has 1 heterocycles. The van der Waals surface area contributed by atoms with E-state index in [1.54, 1.807) is 11.6 Å². The number of benzene rings is 1. The zero-order valence-corrected chi connectivity index (χ0v) is 13.2. The Morgan fingerprint density at radius 1 is 1.38 bits per heavy atom. The molecule has 1 N–H and O–H groups in total. The van der Waals surface area contributed by atoms with E-state index in [9.17, 15) is 17.2 Å². The van der Waals surface area contributed by atoms with Crippen LogP contribution in [-0.2, 0) is 23.5 Å². The molecule has 0 bridgehead atoms. The van der Waals surface area contributed by atoms with E-state index in [-0.39, 0.29) is 17.4 Å². The van der Waals surface area contributed by atoms with E-state index in [4.69, 9.17) is 0 Å². The Bertz CT molecular complexity index is 740. The number of nitrogens with one attached hydrogen (secondary N) is 1. The van der Waals surface area contributed by atoms with Gasteiger partial charge in [0.05, 0.1) is 0 Å². The molecule has 0 saturated heterocycles. The molecule has 0 atom stereocenters. The number of hydrogen-bond donors (Lipinski definition) is 1. The maximum absolute atomic E-state index is 13.7. The van der Waals surface area contributed by atoms with Crippen LogP contribution in [0.25, 0.3) is 0 Å². The molecule has 0 unspecified atom stereocenters. The van der Waals surface area contributed by atoms with Crippen molar-refractivity contribution in [2.75, 3.05) is 6.54 Å². The standard InChI is InChI=1S/C11H11BrF2N4O2S/c1-18-6-15-17-10(18)2-3-16-21(19,20)11-8(12)4-7(13)5-9(11)14/h4-6,16H,2-3H2,1H3. The summed E-state index contributed by atoms with van der Waals surface area (Å²) in [5.74, 6) is -1.44. The molecule has 2 rings (SSSR count). The third kappa shape index (κ3) is 3.63. The molecule has 6 nitrogen and oxygen atoms in total. The third-order valence-electron chi connectivity index (χ3n) is 2.68. The molecular formula is C11H11BrF2N4O2S. The van der Waals surface area contributed by atoms with Crippen molar-refractivity contribution in [2.45, 2.75) is 11.3 Å². The highest BCUT2D eigenvalue weighted by molar-refractivity contribution is 9.10. The number of nitrogens with zero attached hydrogens (tertiary/aromatic N) is 3. The Kier molecular flexibility index (Phi) is 4.69. The summed E-state index contributed by atoms with van der Waals surface area (Å²) in [6.45, 7) is 0.0120. The van der Waals surface area contributed by atoms with Gasteiger partial charge in [0, 0.05) is 30.6 Å². The molecule has 21 heavy (non-hydrogen) atoms. The molecule has 1 aromatic carbocycles. The highest BCUT2D eigenvalue weighted by Gasteiger charge is 2.23. The van der Waals surface area contributed by atoms with Crippen molar-refractivity contribution >= 4 is 26.0 Å². The van der Waals surface area contributed by atoms with Gasteiger partial charge in [-0.15, -0.1) is 10.2 Å². The molecular weight excluding hydrogens is 370 g/mol. The molecule has 0 spiro atoms. The van der Waals surface area contributed by atoms with E-state index in [0.717, 1.165) is 6.07 Å². The molecule has 10 heteroatoms. The lowest BCUT2D eigenvalue weighted by Crippen LogP contribution is -2.27. The molecule has 0 aliphatic carbocycles. The van der Waals surface area contributed by atoms with Crippen molar-refractivity contribution in [3.63, 3.8) is 0 Å². The van der Waals surface area contributed by atoms with E-state index in [0.29, 0.717) is 11.9 Å². The third-order valence-corrected chi connectivity index (χ3v) is 5.10. The fraction of sp³-hybridized carbons (Fsp3) is 0.273. The van der Waals surface area contributed by atoms with Gasteiger partial charge in [0.25, 0.3) is 0 Å². The first-order chi connectivity index (χ1) is 9.81. The number of rotatable bonds is 5. The van der Waals surface area contributed by atoms with Crippen molar-refractivity contribution in [3.8, 4) is 0 Å². The molecule has 0 aliphatic rings. The largest absolute Gasteiger partial charge is 0.321 e. The summed E-state index contributed by atoms with van der Waals surface area (Å²) in [6, 6.07) is 1.41. The van der Waals surface area contributed by atoms with Gasteiger partial charge >= 0.3 is 0 Å². The van der Waals surface area contributed by atoms with Crippen LogP contribution in [0.1, 0.15) is 5.82 Å². The highest BCUT2D eigenvalue weighted by atomic mass is 79.9. The molecule has 1 aromatic heterocycles. The average molecular weight is 381 g/mol. The van der Waals surface area contributed by atoms with Crippen molar-refractivity contribution < 1.29 is 17.2 Å². The van der Waals surface area contributed by atoms with Crippen LogP contribution < -0.4 is 4.72 Å².